The second-order valence-corrected chi connectivity index (χ2v) is 5.14. The van der Waals surface area contributed by atoms with Crippen LogP contribution in [0.15, 0.2) is 18.2 Å². The molecule has 5 nitrogen and oxygen atoms in total. The first kappa shape index (κ1) is 13.1. The van der Waals surface area contributed by atoms with Crippen LogP contribution in [0.4, 0.5) is 10.1 Å². The molecule has 2 aliphatic heterocycles. The molecule has 1 unspecified atom stereocenters. The highest BCUT2D eigenvalue weighted by Gasteiger charge is 2.35. The van der Waals surface area contributed by atoms with Gasteiger partial charge < -0.3 is 14.9 Å². The van der Waals surface area contributed by atoms with E-state index >= 15 is 0 Å². The molecule has 0 spiro atoms. The molecule has 1 N–H and O–H groups in total. The van der Waals surface area contributed by atoms with Gasteiger partial charge in [0, 0.05) is 12.2 Å². The highest BCUT2D eigenvalue weighted by Crippen LogP contribution is 2.29. The van der Waals surface area contributed by atoms with Crippen molar-refractivity contribution in [3.05, 3.63) is 29.6 Å². The lowest BCUT2D eigenvalue weighted by atomic mass is 10.0. The first-order valence-electron chi connectivity index (χ1n) is 6.59. The van der Waals surface area contributed by atoms with Crippen LogP contribution in [0, 0.1) is 5.82 Å². The molecule has 2 aliphatic rings. The van der Waals surface area contributed by atoms with Crippen molar-refractivity contribution in [2.45, 2.75) is 18.9 Å². The molecule has 2 amide bonds. The Balaban J connectivity index is 1.75. The molecule has 0 radical (unpaired) electrons. The van der Waals surface area contributed by atoms with E-state index in [2.05, 4.69) is 0 Å². The number of nitrogens with zero attached hydrogens (tertiary/aromatic N) is 2. The minimum absolute atomic E-state index is 0.0477. The van der Waals surface area contributed by atoms with Gasteiger partial charge in [-0.3, -0.25) is 9.59 Å². The van der Waals surface area contributed by atoms with Gasteiger partial charge in [-0.25, -0.2) is 4.39 Å². The molecule has 106 valence electrons. The number of hydrogen-bond donors (Lipinski definition) is 1. The molecule has 0 saturated carbocycles. The second-order valence-electron chi connectivity index (χ2n) is 5.14. The van der Waals surface area contributed by atoms with Crippen LogP contribution in [-0.2, 0) is 16.0 Å². The van der Waals surface area contributed by atoms with Crippen molar-refractivity contribution in [2.24, 2.45) is 0 Å². The summed E-state index contributed by atoms with van der Waals surface area (Å²) >= 11 is 0. The van der Waals surface area contributed by atoms with Crippen LogP contribution >= 0.6 is 0 Å². The van der Waals surface area contributed by atoms with E-state index in [1.165, 1.54) is 23.1 Å². The van der Waals surface area contributed by atoms with Crippen LogP contribution in [0.1, 0.15) is 12.0 Å². The largest absolute Gasteiger partial charge is 0.394 e. The fourth-order valence-corrected chi connectivity index (χ4v) is 2.71. The Morgan fingerprint density at radius 1 is 1.45 bits per heavy atom. The quantitative estimate of drug-likeness (QED) is 0.865. The first-order chi connectivity index (χ1) is 9.60. The van der Waals surface area contributed by atoms with Gasteiger partial charge in [-0.15, -0.1) is 0 Å². The maximum atomic E-state index is 13.1. The SMILES string of the molecule is O=C1Cc2cc(F)ccc2N1CC(=O)N1CCC1CO. The molecule has 6 heteroatoms. The van der Waals surface area contributed by atoms with Gasteiger partial charge in [-0.2, -0.15) is 0 Å². The van der Waals surface area contributed by atoms with Crippen molar-refractivity contribution in [3.8, 4) is 0 Å². The highest BCUT2D eigenvalue weighted by molar-refractivity contribution is 6.05. The van der Waals surface area contributed by atoms with Crippen molar-refractivity contribution in [1.82, 2.24) is 4.90 Å². The number of aliphatic hydroxyl groups is 1. The smallest absolute Gasteiger partial charge is 0.242 e. The van der Waals surface area contributed by atoms with E-state index in [4.69, 9.17) is 5.11 Å². The normalized spacial score (nSPS) is 20.9. The summed E-state index contributed by atoms with van der Waals surface area (Å²) in [6, 6.07) is 4.02. The van der Waals surface area contributed by atoms with E-state index < -0.39 is 0 Å². The molecule has 3 rings (SSSR count). The Morgan fingerprint density at radius 3 is 2.90 bits per heavy atom. The molecule has 1 saturated heterocycles. The molecular formula is C14H15FN2O3. The predicted octanol–water partition coefficient (Wildman–Crippen LogP) is 0.308. The minimum Gasteiger partial charge on any atom is -0.394 e. The lowest BCUT2D eigenvalue weighted by Gasteiger charge is -2.40. The number of rotatable bonds is 3. The van der Waals surface area contributed by atoms with Crippen LogP contribution in [0.5, 0.6) is 0 Å². The molecule has 1 aromatic rings. The summed E-state index contributed by atoms with van der Waals surface area (Å²) in [5.41, 5.74) is 1.22. The van der Waals surface area contributed by atoms with E-state index in [-0.39, 0.29) is 43.2 Å². The zero-order chi connectivity index (χ0) is 14.3. The summed E-state index contributed by atoms with van der Waals surface area (Å²) in [6.45, 7) is 0.512. The third-order valence-electron chi connectivity index (χ3n) is 3.94. The van der Waals surface area contributed by atoms with E-state index in [0.717, 1.165) is 6.42 Å². The van der Waals surface area contributed by atoms with Crippen LogP contribution in [0.2, 0.25) is 0 Å². The standard InChI is InChI=1S/C14H15FN2O3/c15-10-1-2-12-9(5-10)6-13(19)17(12)7-14(20)16-4-3-11(16)8-18/h1-2,5,11,18H,3-4,6-8H2. The first-order valence-corrected chi connectivity index (χ1v) is 6.59. The Bertz CT molecular complexity index is 574. The number of amides is 2. The van der Waals surface area contributed by atoms with Gasteiger partial charge in [-0.1, -0.05) is 0 Å². The third-order valence-corrected chi connectivity index (χ3v) is 3.94. The minimum atomic E-state index is -0.382. The zero-order valence-electron chi connectivity index (χ0n) is 10.9. The van der Waals surface area contributed by atoms with Crippen molar-refractivity contribution in [1.29, 1.82) is 0 Å². The number of carbonyl (C=O) groups is 2. The Morgan fingerprint density at radius 2 is 2.25 bits per heavy atom. The zero-order valence-corrected chi connectivity index (χ0v) is 10.9. The average Bonchev–Trinajstić information content (AvgIpc) is 2.64. The van der Waals surface area contributed by atoms with Gasteiger partial charge in [0.1, 0.15) is 12.4 Å². The fraction of sp³-hybridized carbons (Fsp3) is 0.429. The highest BCUT2D eigenvalue weighted by atomic mass is 19.1. The Kier molecular flexibility index (Phi) is 3.17. The van der Waals surface area contributed by atoms with Crippen LogP contribution < -0.4 is 4.90 Å². The van der Waals surface area contributed by atoms with Crippen LogP contribution in [-0.4, -0.2) is 47.6 Å². The van der Waals surface area contributed by atoms with E-state index in [0.29, 0.717) is 17.8 Å². The van der Waals surface area contributed by atoms with Gasteiger partial charge in [0.05, 0.1) is 19.1 Å². The third kappa shape index (κ3) is 2.06. The fourth-order valence-electron chi connectivity index (χ4n) is 2.71. The van der Waals surface area contributed by atoms with Crippen LogP contribution in [0.25, 0.3) is 0 Å². The number of aliphatic hydroxyl groups excluding tert-OH is 1. The lowest BCUT2D eigenvalue weighted by molar-refractivity contribution is -0.139. The van der Waals surface area contributed by atoms with Crippen molar-refractivity contribution in [3.63, 3.8) is 0 Å². The lowest BCUT2D eigenvalue weighted by Crippen LogP contribution is -2.55. The number of carbonyl (C=O) groups excluding carboxylic acids is 2. The maximum absolute atomic E-state index is 13.1. The average molecular weight is 278 g/mol. The molecule has 20 heavy (non-hydrogen) atoms. The number of benzene rings is 1. The van der Waals surface area contributed by atoms with Gasteiger partial charge in [-0.05, 0) is 30.2 Å². The molecule has 1 aromatic carbocycles. The topological polar surface area (TPSA) is 60.9 Å². The number of likely N-dealkylation sites (tertiary alicyclic amines) is 1. The van der Waals surface area contributed by atoms with Gasteiger partial charge in [0.25, 0.3) is 0 Å². The van der Waals surface area contributed by atoms with Crippen molar-refractivity contribution in [2.75, 3.05) is 24.6 Å². The summed E-state index contributed by atoms with van der Waals surface area (Å²) in [6.07, 6.45) is 0.918. The summed E-state index contributed by atoms with van der Waals surface area (Å²) < 4.78 is 13.1. The summed E-state index contributed by atoms with van der Waals surface area (Å²) in [5, 5.41) is 9.09. The summed E-state index contributed by atoms with van der Waals surface area (Å²) in [5.74, 6) is -0.756. The van der Waals surface area contributed by atoms with Gasteiger partial charge >= 0.3 is 0 Å². The molecule has 0 aliphatic carbocycles. The Hall–Kier alpha value is -1.95. The summed E-state index contributed by atoms with van der Waals surface area (Å²) in [4.78, 5) is 27.0. The molecule has 1 atom stereocenters. The molecule has 2 heterocycles. The van der Waals surface area contributed by atoms with Crippen molar-refractivity contribution >= 4 is 17.5 Å². The second kappa shape index (κ2) is 4.86. The van der Waals surface area contributed by atoms with Crippen molar-refractivity contribution < 1.29 is 19.1 Å². The molecular weight excluding hydrogens is 263 g/mol. The van der Waals surface area contributed by atoms with E-state index in [9.17, 15) is 14.0 Å². The van der Waals surface area contributed by atoms with E-state index in [1.807, 2.05) is 0 Å². The number of hydrogen-bond acceptors (Lipinski definition) is 3. The monoisotopic (exact) mass is 278 g/mol. The predicted molar refractivity (Wildman–Crippen MR) is 69.7 cm³/mol. The Labute approximate surface area is 115 Å². The molecule has 1 fully saturated rings. The van der Waals surface area contributed by atoms with Gasteiger partial charge in [0.2, 0.25) is 11.8 Å². The van der Waals surface area contributed by atoms with Gasteiger partial charge in [0.15, 0.2) is 0 Å². The number of fused-ring (bicyclic) bond motifs is 1. The van der Waals surface area contributed by atoms with E-state index in [1.54, 1.807) is 4.90 Å². The number of halogens is 1. The maximum Gasteiger partial charge on any atom is 0.242 e. The number of anilines is 1. The molecule has 0 aromatic heterocycles. The summed E-state index contributed by atoms with van der Waals surface area (Å²) in [7, 11) is 0. The molecule has 0 bridgehead atoms. The van der Waals surface area contributed by atoms with Crippen LogP contribution in [0.3, 0.4) is 0 Å².